The third-order valence-electron chi connectivity index (χ3n) is 5.03. The molecule has 3 rings (SSSR count). The van der Waals surface area contributed by atoms with Crippen molar-refractivity contribution in [2.75, 3.05) is 31.5 Å². The molecule has 1 heterocycles. The van der Waals surface area contributed by atoms with E-state index in [1.165, 1.54) is 18.2 Å². The lowest BCUT2D eigenvalue weighted by Gasteiger charge is -2.40. The first-order chi connectivity index (χ1) is 13.8. The Labute approximate surface area is 174 Å². The summed E-state index contributed by atoms with van der Waals surface area (Å²) < 4.78 is 13.1. The van der Waals surface area contributed by atoms with Crippen molar-refractivity contribution >= 4 is 29.1 Å². The van der Waals surface area contributed by atoms with Crippen LogP contribution in [0.1, 0.15) is 22.8 Å². The van der Waals surface area contributed by atoms with Crippen LogP contribution in [0.2, 0.25) is 5.02 Å². The molecule has 154 valence electrons. The van der Waals surface area contributed by atoms with E-state index in [1.54, 1.807) is 24.3 Å². The average molecular weight is 419 g/mol. The van der Waals surface area contributed by atoms with Gasteiger partial charge in [-0.15, -0.1) is 0 Å². The zero-order valence-electron chi connectivity index (χ0n) is 16.2. The Balaban J connectivity index is 1.55. The molecular formula is C21H24ClFN4O2. The van der Waals surface area contributed by atoms with Crippen LogP contribution in [0.3, 0.4) is 0 Å². The summed E-state index contributed by atoms with van der Waals surface area (Å²) in [7, 11) is 0. The molecule has 0 aliphatic carbocycles. The van der Waals surface area contributed by atoms with Crippen LogP contribution in [-0.2, 0) is 11.3 Å². The molecule has 0 spiro atoms. The van der Waals surface area contributed by atoms with Gasteiger partial charge in [-0.3, -0.25) is 14.5 Å². The third kappa shape index (κ3) is 5.46. The summed E-state index contributed by atoms with van der Waals surface area (Å²) in [5.41, 5.74) is 7.16. The Morgan fingerprint density at radius 3 is 2.59 bits per heavy atom. The Hall–Kier alpha value is -2.64. The first-order valence-electron chi connectivity index (χ1n) is 9.43. The molecule has 2 aromatic rings. The largest absolute Gasteiger partial charge is 0.376 e. The van der Waals surface area contributed by atoms with Crippen LogP contribution in [0, 0.1) is 5.82 Å². The number of amides is 2. The van der Waals surface area contributed by atoms with Gasteiger partial charge in [-0.25, -0.2) is 4.39 Å². The van der Waals surface area contributed by atoms with Crippen LogP contribution >= 0.6 is 11.6 Å². The summed E-state index contributed by atoms with van der Waals surface area (Å²) in [6.07, 6.45) is 0. The molecule has 1 saturated heterocycles. The fraction of sp³-hybridized carbons (Fsp3) is 0.333. The monoisotopic (exact) mass is 418 g/mol. The van der Waals surface area contributed by atoms with Gasteiger partial charge in [-0.2, -0.15) is 0 Å². The number of hydrogen-bond donors (Lipinski definition) is 2. The van der Waals surface area contributed by atoms with Gasteiger partial charge in [0.25, 0.3) is 5.91 Å². The lowest BCUT2D eigenvalue weighted by molar-refractivity contribution is -0.133. The summed E-state index contributed by atoms with van der Waals surface area (Å²) in [6, 6.07) is 11.3. The molecule has 8 heteroatoms. The molecule has 2 aromatic carbocycles. The van der Waals surface area contributed by atoms with Crippen molar-refractivity contribution < 1.29 is 14.0 Å². The molecule has 1 atom stereocenters. The summed E-state index contributed by atoms with van der Waals surface area (Å²) in [5, 5.41) is 3.40. The average Bonchev–Trinajstić information content (AvgIpc) is 2.68. The van der Waals surface area contributed by atoms with Crippen molar-refractivity contribution in [2.24, 2.45) is 5.73 Å². The maximum absolute atomic E-state index is 13.1. The minimum absolute atomic E-state index is 0.0410. The quantitative estimate of drug-likeness (QED) is 0.756. The van der Waals surface area contributed by atoms with Gasteiger partial charge in [0.15, 0.2) is 0 Å². The van der Waals surface area contributed by atoms with E-state index in [0.29, 0.717) is 17.3 Å². The number of anilines is 1. The summed E-state index contributed by atoms with van der Waals surface area (Å²) in [6.45, 7) is 4.86. The highest BCUT2D eigenvalue weighted by Gasteiger charge is 2.27. The number of nitrogens with two attached hydrogens (primary N) is 1. The first-order valence-corrected chi connectivity index (χ1v) is 9.81. The van der Waals surface area contributed by atoms with Crippen molar-refractivity contribution in [1.82, 2.24) is 9.80 Å². The molecule has 0 radical (unpaired) electrons. The zero-order valence-corrected chi connectivity index (χ0v) is 17.0. The highest BCUT2D eigenvalue weighted by atomic mass is 35.5. The van der Waals surface area contributed by atoms with Gasteiger partial charge in [0, 0.05) is 42.9 Å². The molecule has 0 aromatic heterocycles. The fourth-order valence-corrected chi connectivity index (χ4v) is 3.71. The van der Waals surface area contributed by atoms with Crippen LogP contribution in [0.15, 0.2) is 42.5 Å². The second kappa shape index (κ2) is 9.24. The van der Waals surface area contributed by atoms with Gasteiger partial charge in [-0.05, 0) is 42.8 Å². The van der Waals surface area contributed by atoms with Crippen molar-refractivity contribution in [1.29, 1.82) is 0 Å². The second-order valence-corrected chi connectivity index (χ2v) is 7.64. The minimum atomic E-state index is -0.606. The van der Waals surface area contributed by atoms with Crippen LogP contribution in [-0.4, -0.2) is 53.8 Å². The van der Waals surface area contributed by atoms with Crippen LogP contribution < -0.4 is 11.1 Å². The number of carbonyl (C=O) groups is 2. The first kappa shape index (κ1) is 21.1. The van der Waals surface area contributed by atoms with E-state index in [1.807, 2.05) is 11.8 Å². The van der Waals surface area contributed by atoms with Gasteiger partial charge >= 0.3 is 0 Å². The van der Waals surface area contributed by atoms with Crippen LogP contribution in [0.25, 0.3) is 0 Å². The Kier molecular flexibility index (Phi) is 6.71. The van der Waals surface area contributed by atoms with E-state index in [9.17, 15) is 14.0 Å². The number of hydrogen-bond acceptors (Lipinski definition) is 4. The van der Waals surface area contributed by atoms with E-state index >= 15 is 0 Å². The van der Waals surface area contributed by atoms with E-state index < -0.39 is 5.91 Å². The minimum Gasteiger partial charge on any atom is -0.376 e. The van der Waals surface area contributed by atoms with Crippen molar-refractivity contribution in [3.8, 4) is 0 Å². The standard InChI is InChI=1S/C21H24ClFN4O2/c1-14-12-26(13-15-2-5-17(23)6-3-15)8-9-27(14)20(28)11-25-19-7-4-16(22)10-18(19)21(24)29/h2-7,10,14,25H,8-9,11-13H2,1H3,(H2,24,29). The smallest absolute Gasteiger partial charge is 0.250 e. The Morgan fingerprint density at radius 2 is 1.93 bits per heavy atom. The van der Waals surface area contributed by atoms with Gasteiger partial charge in [0.05, 0.1) is 12.1 Å². The number of rotatable bonds is 6. The van der Waals surface area contributed by atoms with E-state index in [4.69, 9.17) is 17.3 Å². The van der Waals surface area contributed by atoms with E-state index in [2.05, 4.69) is 10.2 Å². The maximum Gasteiger partial charge on any atom is 0.250 e. The predicted molar refractivity (Wildman–Crippen MR) is 111 cm³/mol. The second-order valence-electron chi connectivity index (χ2n) is 7.21. The number of halogens is 2. The molecule has 3 N–H and O–H groups in total. The fourth-order valence-electron chi connectivity index (χ4n) is 3.54. The zero-order chi connectivity index (χ0) is 21.0. The Bertz CT molecular complexity index is 891. The predicted octanol–water partition coefficient (Wildman–Crippen LogP) is 2.72. The van der Waals surface area contributed by atoms with Crippen molar-refractivity contribution in [3.05, 3.63) is 64.4 Å². The van der Waals surface area contributed by atoms with Crippen molar-refractivity contribution in [3.63, 3.8) is 0 Å². The van der Waals surface area contributed by atoms with Crippen LogP contribution in [0.4, 0.5) is 10.1 Å². The molecule has 1 aliphatic heterocycles. The van der Waals surface area contributed by atoms with Gasteiger partial charge in [0.1, 0.15) is 5.82 Å². The highest BCUT2D eigenvalue weighted by molar-refractivity contribution is 6.31. The van der Waals surface area contributed by atoms with Crippen LogP contribution in [0.5, 0.6) is 0 Å². The number of piperazine rings is 1. The van der Waals surface area contributed by atoms with Gasteiger partial charge in [-0.1, -0.05) is 23.7 Å². The summed E-state index contributed by atoms with van der Waals surface area (Å²) in [5.74, 6) is -0.903. The lowest BCUT2D eigenvalue weighted by atomic mass is 10.1. The Morgan fingerprint density at radius 1 is 1.21 bits per heavy atom. The van der Waals surface area contributed by atoms with Crippen molar-refractivity contribution in [2.45, 2.75) is 19.5 Å². The molecule has 6 nitrogen and oxygen atoms in total. The normalized spacial score (nSPS) is 17.2. The topological polar surface area (TPSA) is 78.7 Å². The summed E-state index contributed by atoms with van der Waals surface area (Å²) in [4.78, 5) is 28.3. The lowest BCUT2D eigenvalue weighted by Crippen LogP contribution is -2.54. The molecular weight excluding hydrogens is 395 g/mol. The number of nitrogens with zero attached hydrogens (tertiary/aromatic N) is 2. The summed E-state index contributed by atoms with van der Waals surface area (Å²) >= 11 is 5.91. The molecule has 1 unspecified atom stereocenters. The molecule has 0 saturated carbocycles. The maximum atomic E-state index is 13.1. The molecule has 0 bridgehead atoms. The number of carbonyl (C=O) groups excluding carboxylic acids is 2. The molecule has 1 aliphatic rings. The van der Waals surface area contributed by atoms with E-state index in [-0.39, 0.29) is 29.9 Å². The van der Waals surface area contributed by atoms with Gasteiger partial charge in [0.2, 0.25) is 5.91 Å². The van der Waals surface area contributed by atoms with E-state index in [0.717, 1.165) is 25.2 Å². The number of benzene rings is 2. The number of primary amides is 1. The number of nitrogens with one attached hydrogen (secondary N) is 1. The third-order valence-corrected chi connectivity index (χ3v) is 5.26. The van der Waals surface area contributed by atoms with Gasteiger partial charge < -0.3 is 16.0 Å². The molecule has 2 amide bonds. The SMILES string of the molecule is CC1CN(Cc2ccc(F)cc2)CCN1C(=O)CNc1ccc(Cl)cc1C(N)=O. The highest BCUT2D eigenvalue weighted by Crippen LogP contribution is 2.20. The molecule has 29 heavy (non-hydrogen) atoms. The molecule has 1 fully saturated rings.